The predicted octanol–water partition coefficient (Wildman–Crippen LogP) is 10.5. The second kappa shape index (κ2) is 13.5. The van der Waals surface area contributed by atoms with Crippen LogP contribution in [-0.2, 0) is 15.6 Å². The van der Waals surface area contributed by atoms with Gasteiger partial charge >= 0.3 is 18.6 Å². The van der Waals surface area contributed by atoms with Crippen LogP contribution in [0.4, 0.5) is 48.3 Å². The van der Waals surface area contributed by atoms with E-state index >= 15 is 8.78 Å². The van der Waals surface area contributed by atoms with E-state index in [-0.39, 0.29) is 5.56 Å². The van der Waals surface area contributed by atoms with Crippen molar-refractivity contribution < 1.29 is 62.5 Å². The minimum Gasteiger partial charge on any atom is -0.494 e. The van der Waals surface area contributed by atoms with Crippen molar-refractivity contribution in [1.82, 2.24) is 0 Å². The Morgan fingerprint density at radius 2 is 1.22 bits per heavy atom. The van der Waals surface area contributed by atoms with E-state index in [1.54, 1.807) is 24.3 Å². The highest BCUT2D eigenvalue weighted by atomic mass is 19.4. The summed E-state index contributed by atoms with van der Waals surface area (Å²) in [5, 5.41) is 0. The summed E-state index contributed by atoms with van der Waals surface area (Å²) >= 11 is 0. The maximum atomic E-state index is 15.1. The first-order valence-corrected chi connectivity index (χ1v) is 13.9. The molecule has 3 aromatic rings. The molecule has 1 fully saturated rings. The molecule has 0 aliphatic heterocycles. The monoisotopic (exact) mass is 656 g/mol. The summed E-state index contributed by atoms with van der Waals surface area (Å²) in [6.07, 6.45) is -17.3. The molecule has 0 unspecified atom stereocenters. The molecule has 45 heavy (non-hydrogen) atoms. The first kappa shape index (κ1) is 34.5. The molecular formula is C31H27F11O3. The van der Waals surface area contributed by atoms with Crippen molar-refractivity contribution >= 4 is 0 Å². The molecule has 0 atom stereocenters. The molecule has 1 aliphatic carbocycles. The summed E-state index contributed by atoms with van der Waals surface area (Å²) in [5.41, 5.74) is -3.01. The summed E-state index contributed by atoms with van der Waals surface area (Å²) < 4.78 is 167. The van der Waals surface area contributed by atoms with Crippen LogP contribution >= 0.6 is 0 Å². The lowest BCUT2D eigenvalue weighted by atomic mass is 9.86. The van der Waals surface area contributed by atoms with Gasteiger partial charge in [-0.3, -0.25) is 0 Å². The molecule has 0 heterocycles. The number of benzene rings is 3. The first-order chi connectivity index (χ1) is 21.0. The van der Waals surface area contributed by atoms with Crippen LogP contribution in [-0.4, -0.2) is 25.2 Å². The molecule has 0 radical (unpaired) electrons. The van der Waals surface area contributed by atoms with Gasteiger partial charge in [0.05, 0.1) is 24.2 Å². The maximum Gasteiger partial charge on any atom is 0.527 e. The predicted molar refractivity (Wildman–Crippen MR) is 140 cm³/mol. The van der Waals surface area contributed by atoms with E-state index in [0.717, 1.165) is 25.0 Å². The highest BCUT2D eigenvalue weighted by Gasteiger charge is 2.52. The van der Waals surface area contributed by atoms with E-state index in [4.69, 9.17) is 4.74 Å². The summed E-state index contributed by atoms with van der Waals surface area (Å²) in [6, 6.07) is 8.72. The third kappa shape index (κ3) is 8.46. The van der Waals surface area contributed by atoms with Crippen molar-refractivity contribution in [3.8, 4) is 28.0 Å². The van der Waals surface area contributed by atoms with E-state index in [2.05, 4.69) is 9.47 Å². The lowest BCUT2D eigenvalue weighted by molar-refractivity contribution is -0.439. The first-order valence-electron chi connectivity index (χ1n) is 13.9. The van der Waals surface area contributed by atoms with Crippen molar-refractivity contribution in [2.45, 2.75) is 70.1 Å². The van der Waals surface area contributed by atoms with Gasteiger partial charge in [-0.1, -0.05) is 25.5 Å². The van der Waals surface area contributed by atoms with E-state index in [1.807, 2.05) is 6.92 Å². The van der Waals surface area contributed by atoms with Gasteiger partial charge < -0.3 is 9.47 Å². The number of hydrogen-bond acceptors (Lipinski definition) is 3. The molecule has 0 amide bonds. The lowest BCUT2D eigenvalue weighted by Gasteiger charge is -2.34. The van der Waals surface area contributed by atoms with Crippen molar-refractivity contribution in [1.29, 1.82) is 0 Å². The van der Waals surface area contributed by atoms with Crippen LogP contribution < -0.4 is 4.74 Å². The molecule has 14 heteroatoms. The van der Waals surface area contributed by atoms with Crippen LogP contribution in [0.3, 0.4) is 0 Å². The van der Waals surface area contributed by atoms with E-state index in [1.165, 1.54) is 0 Å². The van der Waals surface area contributed by atoms with Gasteiger partial charge in [-0.05, 0) is 85.2 Å². The molecule has 0 aromatic heterocycles. The Bertz CT molecular complexity index is 1420. The molecule has 0 bridgehead atoms. The number of halogens is 11. The van der Waals surface area contributed by atoms with Crippen LogP contribution in [0, 0.1) is 29.2 Å². The molecule has 246 valence electrons. The fourth-order valence-electron chi connectivity index (χ4n) is 5.11. The summed E-state index contributed by atoms with van der Waals surface area (Å²) in [4.78, 5) is 0. The molecule has 1 aliphatic rings. The topological polar surface area (TPSA) is 27.7 Å². The zero-order chi connectivity index (χ0) is 33.2. The highest BCUT2D eigenvalue weighted by molar-refractivity contribution is 5.72. The lowest BCUT2D eigenvalue weighted by Crippen LogP contribution is -2.40. The van der Waals surface area contributed by atoms with Gasteiger partial charge in [0.1, 0.15) is 34.6 Å². The van der Waals surface area contributed by atoms with E-state index < -0.39 is 96.2 Å². The second-order valence-electron chi connectivity index (χ2n) is 10.6. The Hall–Kier alpha value is -3.39. The number of hydrogen-bond donors (Lipinski definition) is 0. The minimum atomic E-state index is -5.63. The summed E-state index contributed by atoms with van der Waals surface area (Å²) in [7, 11) is 0. The number of ether oxygens (including phenoxy) is 3. The van der Waals surface area contributed by atoms with Crippen LogP contribution in [0.1, 0.15) is 51.0 Å². The molecule has 3 aromatic carbocycles. The Balaban J connectivity index is 1.49. The SMILES string of the molecule is CCCCOc1ccc(-c2cc(F)c(-c3cc(F)c(C(F)(F)OC4CCC(C(F)(F)OC(F)(F)F)CC4)c(F)c3)c(F)c2)cc1. The summed E-state index contributed by atoms with van der Waals surface area (Å²) in [6.45, 7) is 2.49. The van der Waals surface area contributed by atoms with Crippen molar-refractivity contribution in [3.63, 3.8) is 0 Å². The van der Waals surface area contributed by atoms with Crippen LogP contribution in [0.5, 0.6) is 5.75 Å². The minimum absolute atomic E-state index is 0.0869. The largest absolute Gasteiger partial charge is 0.527 e. The van der Waals surface area contributed by atoms with Gasteiger partial charge in [-0.25, -0.2) is 22.3 Å². The van der Waals surface area contributed by atoms with Crippen molar-refractivity contribution in [2.24, 2.45) is 5.92 Å². The number of rotatable bonds is 11. The second-order valence-corrected chi connectivity index (χ2v) is 10.6. The average Bonchev–Trinajstić information content (AvgIpc) is 2.91. The van der Waals surface area contributed by atoms with E-state index in [9.17, 15) is 39.5 Å². The normalized spacial score (nSPS) is 17.9. The average molecular weight is 657 g/mol. The Morgan fingerprint density at radius 1 is 0.689 bits per heavy atom. The standard InChI is InChI=1S/C31H27F11O3/c1-2-3-12-43-21-8-4-17(5-9-21)18-13-23(32)27(24(33)14-18)19-15-25(34)28(26(35)16-19)30(38,39)44-22-10-6-20(7-11-22)29(36,37)45-31(40,41)42/h4-5,8-9,13-16,20,22H,2-3,6-7,10-12H2,1H3. The van der Waals surface area contributed by atoms with Gasteiger partial charge in [0.2, 0.25) is 0 Å². The zero-order valence-electron chi connectivity index (χ0n) is 23.6. The van der Waals surface area contributed by atoms with Gasteiger partial charge in [0, 0.05) is 0 Å². The van der Waals surface area contributed by atoms with E-state index in [0.29, 0.717) is 30.1 Å². The van der Waals surface area contributed by atoms with Gasteiger partial charge in [0.15, 0.2) is 0 Å². The van der Waals surface area contributed by atoms with Gasteiger partial charge in [0.25, 0.3) is 0 Å². The molecule has 0 N–H and O–H groups in total. The van der Waals surface area contributed by atoms with Gasteiger partial charge in [-0.15, -0.1) is 13.2 Å². The molecular weight excluding hydrogens is 629 g/mol. The van der Waals surface area contributed by atoms with Crippen molar-refractivity contribution in [2.75, 3.05) is 6.61 Å². The fraction of sp³-hybridized carbons (Fsp3) is 0.419. The third-order valence-corrected chi connectivity index (χ3v) is 7.33. The van der Waals surface area contributed by atoms with Crippen LogP contribution in [0.25, 0.3) is 22.3 Å². The molecule has 3 nitrogen and oxygen atoms in total. The fourth-order valence-corrected chi connectivity index (χ4v) is 5.11. The van der Waals surface area contributed by atoms with Crippen molar-refractivity contribution in [3.05, 3.63) is 77.4 Å². The molecule has 0 saturated heterocycles. The van der Waals surface area contributed by atoms with Crippen LogP contribution in [0.2, 0.25) is 0 Å². The molecule has 0 spiro atoms. The maximum absolute atomic E-state index is 15.1. The Morgan fingerprint density at radius 3 is 1.73 bits per heavy atom. The summed E-state index contributed by atoms with van der Waals surface area (Å²) in [5.74, 6) is -7.69. The molecule has 4 rings (SSSR count). The Kier molecular flexibility index (Phi) is 10.4. The Labute approximate surface area is 250 Å². The van der Waals surface area contributed by atoms with Crippen LogP contribution in [0.15, 0.2) is 48.5 Å². The van der Waals surface area contributed by atoms with Gasteiger partial charge in [-0.2, -0.15) is 17.6 Å². The quantitative estimate of drug-likeness (QED) is 0.152. The smallest absolute Gasteiger partial charge is 0.494 e. The molecule has 1 saturated carbocycles. The number of alkyl halides is 7. The highest BCUT2D eigenvalue weighted by Crippen LogP contribution is 2.44. The third-order valence-electron chi connectivity index (χ3n) is 7.33. The number of unbranched alkanes of at least 4 members (excludes halogenated alkanes) is 1. The zero-order valence-corrected chi connectivity index (χ0v) is 23.6.